The van der Waals surface area contributed by atoms with E-state index in [9.17, 15) is 13.6 Å². The van der Waals surface area contributed by atoms with E-state index in [-0.39, 0.29) is 18.2 Å². The van der Waals surface area contributed by atoms with E-state index in [4.69, 9.17) is 0 Å². The quantitative estimate of drug-likeness (QED) is 0.539. The van der Waals surface area contributed by atoms with E-state index >= 15 is 0 Å². The van der Waals surface area contributed by atoms with E-state index in [1.54, 1.807) is 10.9 Å². The van der Waals surface area contributed by atoms with E-state index in [1.807, 2.05) is 6.92 Å². The van der Waals surface area contributed by atoms with Gasteiger partial charge < -0.3 is 10.6 Å². The Balaban J connectivity index is 1.63. The van der Waals surface area contributed by atoms with Gasteiger partial charge in [0, 0.05) is 30.9 Å². The summed E-state index contributed by atoms with van der Waals surface area (Å²) in [6, 6.07) is 3.82. The van der Waals surface area contributed by atoms with Crippen molar-refractivity contribution < 1.29 is 13.6 Å². The van der Waals surface area contributed by atoms with Gasteiger partial charge in [0.2, 0.25) is 0 Å². The van der Waals surface area contributed by atoms with Crippen molar-refractivity contribution >= 4 is 22.6 Å². The summed E-state index contributed by atoms with van der Waals surface area (Å²) < 4.78 is 29.7. The Bertz CT molecular complexity index is 1090. The van der Waals surface area contributed by atoms with Gasteiger partial charge in [0.05, 0.1) is 22.8 Å². The zero-order valence-corrected chi connectivity index (χ0v) is 18.5. The van der Waals surface area contributed by atoms with Crippen LogP contribution in [-0.4, -0.2) is 26.7 Å². The fraction of sp³-hybridized carbons (Fsp3) is 0.458. The van der Waals surface area contributed by atoms with E-state index in [2.05, 4.69) is 27.6 Å². The van der Waals surface area contributed by atoms with E-state index in [1.165, 1.54) is 43.7 Å². The fourth-order valence-electron chi connectivity index (χ4n) is 4.53. The number of rotatable bonds is 7. The highest BCUT2D eigenvalue weighted by Gasteiger charge is 2.24. The SMILES string of the molecule is CCn1ncc2c(N[C@H](C)C3CCCCC3)c(C(=O)NCc3c(F)cccc3F)cnc21. The second-order valence-corrected chi connectivity index (χ2v) is 8.46. The summed E-state index contributed by atoms with van der Waals surface area (Å²) >= 11 is 0. The molecule has 2 aromatic heterocycles. The van der Waals surface area contributed by atoms with Gasteiger partial charge in [0.1, 0.15) is 11.6 Å². The van der Waals surface area contributed by atoms with Crippen LogP contribution in [0.4, 0.5) is 14.5 Å². The Morgan fingerprint density at radius 3 is 2.59 bits per heavy atom. The van der Waals surface area contributed by atoms with Gasteiger partial charge in [-0.25, -0.2) is 18.4 Å². The van der Waals surface area contributed by atoms with E-state index in [0.717, 1.165) is 18.2 Å². The lowest BCUT2D eigenvalue weighted by molar-refractivity contribution is 0.0950. The van der Waals surface area contributed by atoms with Crippen molar-refractivity contribution in [1.29, 1.82) is 0 Å². The van der Waals surface area contributed by atoms with Crippen LogP contribution in [-0.2, 0) is 13.1 Å². The fourth-order valence-corrected chi connectivity index (χ4v) is 4.53. The molecule has 4 rings (SSSR count). The van der Waals surface area contributed by atoms with Crippen LogP contribution in [0.3, 0.4) is 0 Å². The highest BCUT2D eigenvalue weighted by atomic mass is 19.1. The third kappa shape index (κ3) is 4.45. The van der Waals surface area contributed by atoms with Crippen LogP contribution < -0.4 is 10.6 Å². The van der Waals surface area contributed by atoms with Crippen LogP contribution in [0.5, 0.6) is 0 Å². The lowest BCUT2D eigenvalue weighted by atomic mass is 9.84. The van der Waals surface area contributed by atoms with Crippen molar-refractivity contribution in [2.45, 2.75) is 65.1 Å². The Morgan fingerprint density at radius 1 is 1.19 bits per heavy atom. The molecule has 2 heterocycles. The molecule has 2 N–H and O–H groups in total. The van der Waals surface area contributed by atoms with E-state index < -0.39 is 17.5 Å². The van der Waals surface area contributed by atoms with Crippen molar-refractivity contribution in [3.8, 4) is 0 Å². The zero-order chi connectivity index (χ0) is 22.7. The Hall–Kier alpha value is -3.03. The molecule has 1 amide bonds. The number of hydrogen-bond acceptors (Lipinski definition) is 4. The molecule has 0 unspecified atom stereocenters. The van der Waals surface area contributed by atoms with Crippen molar-refractivity contribution in [3.05, 3.63) is 53.4 Å². The number of aryl methyl sites for hydroxylation is 1. The maximum absolute atomic E-state index is 14.0. The zero-order valence-electron chi connectivity index (χ0n) is 18.5. The second-order valence-electron chi connectivity index (χ2n) is 8.46. The molecule has 1 aliphatic rings. The molecule has 170 valence electrons. The highest BCUT2D eigenvalue weighted by Crippen LogP contribution is 2.32. The van der Waals surface area contributed by atoms with Gasteiger partial charge in [0.25, 0.3) is 5.91 Å². The van der Waals surface area contributed by atoms with Gasteiger partial charge >= 0.3 is 0 Å². The number of carbonyl (C=O) groups is 1. The first-order valence-electron chi connectivity index (χ1n) is 11.3. The van der Waals surface area contributed by atoms with Gasteiger partial charge in [-0.1, -0.05) is 25.3 Å². The highest BCUT2D eigenvalue weighted by molar-refractivity contribution is 6.06. The third-order valence-electron chi connectivity index (χ3n) is 6.43. The molecule has 0 bridgehead atoms. The lowest BCUT2D eigenvalue weighted by Crippen LogP contribution is -2.30. The van der Waals surface area contributed by atoms with Crippen LogP contribution in [0, 0.1) is 17.6 Å². The predicted octanol–water partition coefficient (Wildman–Crippen LogP) is 5.04. The summed E-state index contributed by atoms with van der Waals surface area (Å²) in [6.07, 6.45) is 9.26. The molecule has 3 aromatic rings. The van der Waals surface area contributed by atoms with Crippen LogP contribution in [0.25, 0.3) is 11.0 Å². The van der Waals surface area contributed by atoms with Crippen LogP contribution >= 0.6 is 0 Å². The molecule has 0 saturated heterocycles. The molecule has 1 saturated carbocycles. The summed E-state index contributed by atoms with van der Waals surface area (Å²) in [5.41, 5.74) is 1.54. The molecular weight excluding hydrogens is 412 g/mol. The second kappa shape index (κ2) is 9.63. The van der Waals surface area contributed by atoms with Crippen molar-refractivity contribution in [2.75, 3.05) is 5.32 Å². The van der Waals surface area contributed by atoms with Crippen LogP contribution in [0.15, 0.2) is 30.6 Å². The number of halogens is 2. The summed E-state index contributed by atoms with van der Waals surface area (Å²) in [6.45, 7) is 4.53. The van der Waals surface area contributed by atoms with Gasteiger partial charge in [-0.3, -0.25) is 4.79 Å². The molecule has 1 atom stereocenters. The Morgan fingerprint density at radius 2 is 1.91 bits per heavy atom. The number of amides is 1. The number of pyridine rings is 1. The van der Waals surface area contributed by atoms with E-state index in [0.29, 0.717) is 29.4 Å². The number of aromatic nitrogens is 3. The maximum Gasteiger partial charge on any atom is 0.255 e. The average molecular weight is 442 g/mol. The van der Waals surface area contributed by atoms with Gasteiger partial charge in [-0.2, -0.15) is 5.10 Å². The minimum Gasteiger partial charge on any atom is -0.381 e. The standard InChI is InChI=1S/C24H29F2N5O/c1-3-31-23-18(14-29-31)22(30-15(2)16-8-5-4-6-9-16)19(13-27-23)24(32)28-12-17-20(25)10-7-11-21(17)26/h7,10-11,13-16H,3-6,8-9,12H2,1-2H3,(H,27,30)(H,28,32)/t15-/m1/s1. The largest absolute Gasteiger partial charge is 0.381 e. The number of hydrogen-bond donors (Lipinski definition) is 2. The Labute approximate surface area is 186 Å². The van der Waals surface area contributed by atoms with Crippen molar-refractivity contribution in [1.82, 2.24) is 20.1 Å². The van der Waals surface area contributed by atoms with Crippen molar-refractivity contribution in [3.63, 3.8) is 0 Å². The molecule has 1 aromatic carbocycles. The molecule has 6 nitrogen and oxygen atoms in total. The minimum atomic E-state index is -0.688. The Kier molecular flexibility index (Phi) is 6.67. The molecule has 8 heteroatoms. The summed E-state index contributed by atoms with van der Waals surface area (Å²) in [4.78, 5) is 17.5. The molecular formula is C24H29F2N5O. The van der Waals surface area contributed by atoms with Crippen LogP contribution in [0.2, 0.25) is 0 Å². The average Bonchev–Trinajstić information content (AvgIpc) is 3.23. The molecule has 0 aliphatic heterocycles. The van der Waals surface area contributed by atoms with Gasteiger partial charge in [-0.05, 0) is 44.7 Å². The first-order valence-corrected chi connectivity index (χ1v) is 11.3. The number of anilines is 1. The summed E-state index contributed by atoms with van der Waals surface area (Å²) in [5, 5.41) is 11.4. The third-order valence-corrected chi connectivity index (χ3v) is 6.43. The lowest BCUT2D eigenvalue weighted by Gasteiger charge is -2.29. The molecule has 1 fully saturated rings. The molecule has 32 heavy (non-hydrogen) atoms. The summed E-state index contributed by atoms with van der Waals surface area (Å²) in [7, 11) is 0. The number of nitrogens with one attached hydrogen (secondary N) is 2. The smallest absolute Gasteiger partial charge is 0.255 e. The summed E-state index contributed by atoms with van der Waals surface area (Å²) in [5.74, 6) is -1.29. The maximum atomic E-state index is 14.0. The first-order chi connectivity index (χ1) is 15.5. The number of fused-ring (bicyclic) bond motifs is 1. The number of benzene rings is 1. The van der Waals surface area contributed by atoms with Crippen LogP contribution in [0.1, 0.15) is 61.9 Å². The predicted molar refractivity (Wildman–Crippen MR) is 120 cm³/mol. The molecule has 1 aliphatic carbocycles. The van der Waals surface area contributed by atoms with Gasteiger partial charge in [-0.15, -0.1) is 0 Å². The van der Waals surface area contributed by atoms with Crippen molar-refractivity contribution in [2.24, 2.45) is 5.92 Å². The first kappa shape index (κ1) is 22.2. The van der Waals surface area contributed by atoms with Gasteiger partial charge in [0.15, 0.2) is 5.65 Å². The molecule has 0 spiro atoms. The number of carbonyl (C=O) groups excluding carboxylic acids is 1. The minimum absolute atomic E-state index is 0.168. The monoisotopic (exact) mass is 441 g/mol. The topological polar surface area (TPSA) is 71.8 Å². The number of nitrogens with zero attached hydrogens (tertiary/aromatic N) is 3. The molecule has 0 radical (unpaired) electrons. The normalized spacial score (nSPS) is 15.6.